The quantitative estimate of drug-likeness (QED) is 0.623. The molecule has 0 spiro atoms. The van der Waals surface area contributed by atoms with Crippen molar-refractivity contribution >= 4 is 17.8 Å². The number of imidazole rings is 1. The van der Waals surface area contributed by atoms with Crippen LogP contribution in [-0.4, -0.2) is 24.6 Å². The van der Waals surface area contributed by atoms with E-state index in [1.165, 1.54) is 5.56 Å². The van der Waals surface area contributed by atoms with Crippen LogP contribution in [0.5, 0.6) is 0 Å². The molecule has 0 aliphatic rings. The van der Waals surface area contributed by atoms with Gasteiger partial charge in [-0.3, -0.25) is 0 Å². The smallest absolute Gasteiger partial charge is 0.175 e. The highest BCUT2D eigenvalue weighted by atomic mass is 15.3. The Bertz CT molecular complexity index is 1020. The summed E-state index contributed by atoms with van der Waals surface area (Å²) in [6, 6.07) is 14.2. The number of aryl methyl sites for hydroxylation is 2. The predicted octanol–water partition coefficient (Wildman–Crippen LogP) is 3.91. The third-order valence-corrected chi connectivity index (χ3v) is 4.09. The van der Waals surface area contributed by atoms with E-state index in [0.717, 1.165) is 28.4 Å². The number of aromatic nitrogens is 5. The fourth-order valence-electron chi connectivity index (χ4n) is 2.59. The van der Waals surface area contributed by atoms with Gasteiger partial charge in [-0.1, -0.05) is 36.4 Å². The summed E-state index contributed by atoms with van der Waals surface area (Å²) in [7, 11) is 0. The van der Waals surface area contributed by atoms with Gasteiger partial charge < -0.3 is 4.98 Å². The third kappa shape index (κ3) is 2.60. The van der Waals surface area contributed by atoms with Crippen LogP contribution in [0.15, 0.2) is 48.7 Å². The number of rotatable bonds is 3. The Labute approximate surface area is 139 Å². The summed E-state index contributed by atoms with van der Waals surface area (Å²) in [4.78, 5) is 12.2. The predicted molar refractivity (Wildman–Crippen MR) is 95.4 cm³/mol. The molecule has 3 aromatic heterocycles. The molecule has 3 heterocycles. The highest BCUT2D eigenvalue weighted by Crippen LogP contribution is 2.17. The zero-order valence-corrected chi connectivity index (χ0v) is 13.6. The van der Waals surface area contributed by atoms with E-state index in [1.807, 2.05) is 54.1 Å². The van der Waals surface area contributed by atoms with Gasteiger partial charge in [0.15, 0.2) is 11.5 Å². The Morgan fingerprint density at radius 2 is 1.83 bits per heavy atom. The minimum Gasteiger partial charge on any atom is -0.338 e. The van der Waals surface area contributed by atoms with Crippen molar-refractivity contribution in [2.75, 3.05) is 0 Å². The first-order valence-electron chi connectivity index (χ1n) is 7.82. The Balaban J connectivity index is 1.62. The molecule has 0 atom stereocenters. The van der Waals surface area contributed by atoms with Crippen LogP contribution in [0.4, 0.5) is 0 Å². The van der Waals surface area contributed by atoms with Crippen LogP contribution in [0.2, 0.25) is 0 Å². The van der Waals surface area contributed by atoms with Gasteiger partial charge in [0.1, 0.15) is 5.82 Å². The van der Waals surface area contributed by atoms with Crippen molar-refractivity contribution in [1.29, 1.82) is 0 Å². The molecular weight excluding hydrogens is 298 g/mol. The lowest BCUT2D eigenvalue weighted by atomic mass is 10.2. The maximum absolute atomic E-state index is 4.53. The Hall–Kier alpha value is -3.21. The van der Waals surface area contributed by atoms with Gasteiger partial charge >= 0.3 is 0 Å². The van der Waals surface area contributed by atoms with Gasteiger partial charge in [0.2, 0.25) is 0 Å². The van der Waals surface area contributed by atoms with Crippen LogP contribution in [0.1, 0.15) is 22.9 Å². The highest BCUT2D eigenvalue weighted by molar-refractivity contribution is 5.67. The number of H-pyrrole nitrogens is 1. The molecule has 0 saturated carbocycles. The molecule has 0 fully saturated rings. The van der Waals surface area contributed by atoms with Gasteiger partial charge in [-0.2, -0.15) is 0 Å². The maximum atomic E-state index is 4.53. The van der Waals surface area contributed by atoms with E-state index in [9.17, 15) is 0 Å². The van der Waals surface area contributed by atoms with Crippen molar-refractivity contribution in [3.05, 3.63) is 71.6 Å². The lowest BCUT2D eigenvalue weighted by molar-refractivity contribution is 0.897. The van der Waals surface area contributed by atoms with Gasteiger partial charge in [-0.15, -0.1) is 5.10 Å². The van der Waals surface area contributed by atoms with Gasteiger partial charge in [-0.05, 0) is 43.2 Å². The van der Waals surface area contributed by atoms with Crippen molar-refractivity contribution in [2.24, 2.45) is 0 Å². The summed E-state index contributed by atoms with van der Waals surface area (Å²) in [5, 5.41) is 4.53. The minimum absolute atomic E-state index is 0.668. The second kappa shape index (κ2) is 5.77. The van der Waals surface area contributed by atoms with E-state index in [1.54, 1.807) is 0 Å². The fourth-order valence-corrected chi connectivity index (χ4v) is 2.59. The number of benzene rings is 1. The van der Waals surface area contributed by atoms with Crippen molar-refractivity contribution in [3.63, 3.8) is 0 Å². The molecule has 5 heteroatoms. The monoisotopic (exact) mass is 315 g/mol. The Morgan fingerprint density at radius 3 is 2.67 bits per heavy atom. The first-order valence-corrected chi connectivity index (χ1v) is 7.82. The molecule has 1 aromatic carbocycles. The molecule has 118 valence electrons. The van der Waals surface area contributed by atoms with Crippen LogP contribution in [0.3, 0.4) is 0 Å². The fraction of sp³-hybridized carbons (Fsp3) is 0.105. The summed E-state index contributed by atoms with van der Waals surface area (Å²) >= 11 is 0. The summed E-state index contributed by atoms with van der Waals surface area (Å²) in [6.07, 6.45) is 5.60. The summed E-state index contributed by atoms with van der Waals surface area (Å²) < 4.78 is 1.87. The number of fused-ring (bicyclic) bond motifs is 1. The van der Waals surface area contributed by atoms with Gasteiger partial charge in [0.25, 0.3) is 0 Å². The van der Waals surface area contributed by atoms with Crippen LogP contribution < -0.4 is 0 Å². The van der Waals surface area contributed by atoms with Crippen LogP contribution in [0.25, 0.3) is 29.1 Å². The van der Waals surface area contributed by atoms with E-state index < -0.39 is 0 Å². The first-order chi connectivity index (χ1) is 11.7. The van der Waals surface area contributed by atoms with Gasteiger partial charge in [0.05, 0.1) is 11.9 Å². The highest BCUT2D eigenvalue weighted by Gasteiger charge is 2.05. The van der Waals surface area contributed by atoms with Crippen LogP contribution >= 0.6 is 0 Å². The molecule has 0 saturated heterocycles. The lowest BCUT2D eigenvalue weighted by Crippen LogP contribution is -1.95. The molecule has 0 aliphatic carbocycles. The number of pyridine rings is 1. The lowest BCUT2D eigenvalue weighted by Gasteiger charge is -2.00. The molecule has 0 radical (unpaired) electrons. The number of nitrogens with one attached hydrogen (secondary N) is 1. The zero-order chi connectivity index (χ0) is 16.5. The van der Waals surface area contributed by atoms with E-state index in [2.05, 4.69) is 45.2 Å². The number of hydrogen-bond acceptors (Lipinski definition) is 3. The maximum Gasteiger partial charge on any atom is 0.175 e. The average Bonchev–Trinajstić information content (AvgIpc) is 3.24. The van der Waals surface area contributed by atoms with Crippen LogP contribution in [0, 0.1) is 13.8 Å². The second-order valence-electron chi connectivity index (χ2n) is 5.72. The topological polar surface area (TPSA) is 58.9 Å². The first kappa shape index (κ1) is 14.4. The standard InChI is InChI=1S/C19H17N5/c1-13-8-11-19-22-18(23-24(19)14(13)2)10-9-17-20-12-16(21-17)15-6-4-3-5-7-15/h3-12H,1-2H3,(H,20,21). The molecule has 4 rings (SSSR count). The molecule has 5 nitrogen and oxygen atoms in total. The number of aromatic amines is 1. The van der Waals surface area contributed by atoms with Crippen molar-refractivity contribution in [1.82, 2.24) is 24.6 Å². The molecule has 0 aliphatic heterocycles. The van der Waals surface area contributed by atoms with Crippen molar-refractivity contribution < 1.29 is 0 Å². The van der Waals surface area contributed by atoms with Crippen molar-refractivity contribution in [3.8, 4) is 11.3 Å². The second-order valence-corrected chi connectivity index (χ2v) is 5.72. The van der Waals surface area contributed by atoms with Gasteiger partial charge in [0, 0.05) is 5.69 Å². The Morgan fingerprint density at radius 1 is 1.00 bits per heavy atom. The molecule has 0 unspecified atom stereocenters. The Kier molecular flexibility index (Phi) is 3.46. The number of nitrogens with zero attached hydrogens (tertiary/aromatic N) is 4. The minimum atomic E-state index is 0.668. The van der Waals surface area contributed by atoms with E-state index in [4.69, 9.17) is 0 Å². The molecule has 0 bridgehead atoms. The summed E-state index contributed by atoms with van der Waals surface area (Å²) in [5.41, 5.74) is 5.25. The average molecular weight is 315 g/mol. The number of hydrogen-bond donors (Lipinski definition) is 1. The van der Waals surface area contributed by atoms with E-state index in [0.29, 0.717) is 5.82 Å². The molecule has 1 N–H and O–H groups in total. The normalized spacial score (nSPS) is 11.6. The molecule has 0 amide bonds. The molecule has 24 heavy (non-hydrogen) atoms. The summed E-state index contributed by atoms with van der Waals surface area (Å²) in [6.45, 7) is 4.11. The SMILES string of the molecule is Cc1ccc2nc(C=Cc3ncc(-c4ccccc4)[nH]3)nn2c1C. The molecular formula is C19H17N5. The van der Waals surface area contributed by atoms with E-state index in [-0.39, 0.29) is 0 Å². The molecule has 4 aromatic rings. The third-order valence-electron chi connectivity index (χ3n) is 4.09. The largest absolute Gasteiger partial charge is 0.338 e. The summed E-state index contributed by atoms with van der Waals surface area (Å²) in [5.74, 6) is 1.45. The zero-order valence-electron chi connectivity index (χ0n) is 13.6. The van der Waals surface area contributed by atoms with Crippen LogP contribution in [-0.2, 0) is 0 Å². The van der Waals surface area contributed by atoms with Crippen molar-refractivity contribution in [2.45, 2.75) is 13.8 Å². The van der Waals surface area contributed by atoms with E-state index >= 15 is 0 Å². The van der Waals surface area contributed by atoms with Gasteiger partial charge in [-0.25, -0.2) is 14.5 Å².